The Labute approximate surface area is 112 Å². The van der Waals surface area contributed by atoms with Crippen molar-refractivity contribution in [1.29, 1.82) is 0 Å². The van der Waals surface area contributed by atoms with Crippen molar-refractivity contribution in [2.45, 2.75) is 12.6 Å². The molecule has 1 aliphatic rings. The van der Waals surface area contributed by atoms with Crippen LogP contribution in [0.25, 0.3) is 0 Å². The van der Waals surface area contributed by atoms with Gasteiger partial charge in [-0.2, -0.15) is 18.3 Å². The van der Waals surface area contributed by atoms with E-state index in [2.05, 4.69) is 10.4 Å². The summed E-state index contributed by atoms with van der Waals surface area (Å²) in [5, 5.41) is 5.76. The van der Waals surface area contributed by atoms with Crippen LogP contribution in [-0.4, -0.2) is 35.6 Å². The number of aromatic nitrogens is 2. The van der Waals surface area contributed by atoms with E-state index >= 15 is 0 Å². The minimum atomic E-state index is -4.57. The molecule has 0 aromatic carbocycles. The Morgan fingerprint density at radius 2 is 2.15 bits per heavy atom. The summed E-state index contributed by atoms with van der Waals surface area (Å²) < 4.78 is 60.7. The van der Waals surface area contributed by atoms with Gasteiger partial charge in [-0.1, -0.05) is 0 Å². The summed E-state index contributed by atoms with van der Waals surface area (Å²) in [7, 11) is -2.12. The van der Waals surface area contributed by atoms with Crippen molar-refractivity contribution in [3.63, 3.8) is 0 Å². The minimum Gasteiger partial charge on any atom is -0.309 e. The number of sulfone groups is 1. The lowest BCUT2D eigenvalue weighted by atomic mass is 10.1. The first-order chi connectivity index (χ1) is 9.08. The van der Waals surface area contributed by atoms with Gasteiger partial charge in [0.05, 0.1) is 17.4 Å². The van der Waals surface area contributed by atoms with Gasteiger partial charge in [-0.25, -0.2) is 8.42 Å². The molecule has 0 radical (unpaired) electrons. The van der Waals surface area contributed by atoms with Crippen molar-refractivity contribution in [2.75, 3.05) is 16.8 Å². The van der Waals surface area contributed by atoms with E-state index in [4.69, 9.17) is 0 Å². The van der Waals surface area contributed by atoms with Gasteiger partial charge < -0.3 is 5.32 Å². The zero-order valence-electron chi connectivity index (χ0n) is 10.4. The van der Waals surface area contributed by atoms with E-state index < -0.39 is 33.5 Å². The van der Waals surface area contributed by atoms with E-state index in [-0.39, 0.29) is 23.7 Å². The molecule has 1 aromatic rings. The molecule has 1 unspecified atom stereocenters. The highest BCUT2D eigenvalue weighted by atomic mass is 32.2. The second-order valence-corrected chi connectivity index (χ2v) is 6.85. The monoisotopic (exact) mass is 311 g/mol. The van der Waals surface area contributed by atoms with Gasteiger partial charge in [-0.3, -0.25) is 9.48 Å². The van der Waals surface area contributed by atoms with Crippen LogP contribution >= 0.6 is 0 Å². The summed E-state index contributed by atoms with van der Waals surface area (Å²) in [4.78, 5) is 11.8. The third-order valence-electron chi connectivity index (χ3n) is 3.02. The number of carbonyl (C=O) groups is 1. The Balaban J connectivity index is 2.10. The molecule has 0 spiro atoms. The lowest BCUT2D eigenvalue weighted by Crippen LogP contribution is -2.23. The Morgan fingerprint density at radius 1 is 1.50 bits per heavy atom. The fourth-order valence-electron chi connectivity index (χ4n) is 2.02. The number of rotatable bonds is 2. The summed E-state index contributed by atoms with van der Waals surface area (Å²) in [6, 6.07) is 0.710. The molecule has 2 heterocycles. The van der Waals surface area contributed by atoms with E-state index in [1.165, 1.54) is 0 Å². The van der Waals surface area contributed by atoms with Crippen molar-refractivity contribution in [1.82, 2.24) is 9.78 Å². The van der Waals surface area contributed by atoms with Gasteiger partial charge in [0, 0.05) is 13.1 Å². The molecule has 0 saturated carbocycles. The van der Waals surface area contributed by atoms with E-state index in [1.54, 1.807) is 0 Å². The predicted molar refractivity (Wildman–Crippen MR) is 63.6 cm³/mol. The largest absolute Gasteiger partial charge is 0.433 e. The van der Waals surface area contributed by atoms with Crippen LogP contribution in [0, 0.1) is 5.92 Å². The van der Waals surface area contributed by atoms with Crippen LogP contribution in [-0.2, 0) is 27.9 Å². The highest BCUT2D eigenvalue weighted by Gasteiger charge is 2.36. The maximum atomic E-state index is 12.5. The van der Waals surface area contributed by atoms with Crippen LogP contribution in [0.5, 0.6) is 0 Å². The number of aryl methyl sites for hydroxylation is 1. The molecule has 0 aliphatic carbocycles. The van der Waals surface area contributed by atoms with Crippen molar-refractivity contribution < 1.29 is 26.4 Å². The predicted octanol–water partition coefficient (Wildman–Crippen LogP) is 0.812. The van der Waals surface area contributed by atoms with Crippen LogP contribution in [0.4, 0.5) is 19.0 Å². The van der Waals surface area contributed by atoms with Crippen LogP contribution < -0.4 is 5.32 Å². The molecule has 112 valence electrons. The summed E-state index contributed by atoms with van der Waals surface area (Å²) in [5.41, 5.74) is -0.994. The molecule has 2 rings (SSSR count). The maximum absolute atomic E-state index is 12.5. The third-order valence-corrected chi connectivity index (χ3v) is 4.79. The quantitative estimate of drug-likeness (QED) is 0.876. The molecule has 6 nitrogen and oxygen atoms in total. The van der Waals surface area contributed by atoms with Gasteiger partial charge in [0.2, 0.25) is 5.91 Å². The fourth-order valence-corrected chi connectivity index (χ4v) is 3.77. The molecule has 1 aromatic heterocycles. The van der Waals surface area contributed by atoms with Crippen LogP contribution in [0.1, 0.15) is 12.1 Å². The Hall–Kier alpha value is -1.58. The van der Waals surface area contributed by atoms with E-state index in [0.717, 1.165) is 7.05 Å². The number of halogens is 3. The third kappa shape index (κ3) is 3.11. The van der Waals surface area contributed by atoms with Crippen molar-refractivity contribution >= 4 is 21.6 Å². The molecule has 0 bridgehead atoms. The lowest BCUT2D eigenvalue weighted by Gasteiger charge is -2.06. The van der Waals surface area contributed by atoms with Gasteiger partial charge in [0.25, 0.3) is 0 Å². The maximum Gasteiger partial charge on any atom is 0.433 e. The van der Waals surface area contributed by atoms with Crippen molar-refractivity contribution in [3.8, 4) is 0 Å². The second kappa shape index (κ2) is 4.76. The topological polar surface area (TPSA) is 81.1 Å². The van der Waals surface area contributed by atoms with E-state index in [0.29, 0.717) is 10.7 Å². The van der Waals surface area contributed by atoms with E-state index in [1.807, 2.05) is 0 Å². The summed E-state index contributed by atoms with van der Waals surface area (Å²) >= 11 is 0. The molecule has 20 heavy (non-hydrogen) atoms. The van der Waals surface area contributed by atoms with Gasteiger partial charge in [0.1, 0.15) is 5.69 Å². The average molecular weight is 311 g/mol. The normalized spacial score (nSPS) is 21.9. The van der Waals surface area contributed by atoms with Crippen LogP contribution in [0.3, 0.4) is 0 Å². The molecule has 1 amide bonds. The Bertz CT molecular complexity index is 636. The highest BCUT2D eigenvalue weighted by molar-refractivity contribution is 7.91. The number of hydrogen-bond donors (Lipinski definition) is 1. The van der Waals surface area contributed by atoms with E-state index in [9.17, 15) is 26.4 Å². The van der Waals surface area contributed by atoms with Crippen molar-refractivity contribution in [3.05, 3.63) is 11.8 Å². The number of nitrogens with one attached hydrogen (secondary N) is 1. The Morgan fingerprint density at radius 3 is 2.60 bits per heavy atom. The zero-order chi connectivity index (χ0) is 15.1. The number of alkyl halides is 3. The summed E-state index contributed by atoms with van der Waals surface area (Å²) in [6.45, 7) is 0. The lowest BCUT2D eigenvalue weighted by molar-refractivity contribution is -0.143. The SMILES string of the molecule is Cn1nc(NC(=O)C2CCS(=O)(=O)C2)cc1C(F)(F)F. The zero-order valence-corrected chi connectivity index (χ0v) is 11.3. The molecule has 1 aliphatic heterocycles. The first-order valence-electron chi connectivity index (χ1n) is 5.71. The molecule has 1 fully saturated rings. The van der Waals surface area contributed by atoms with Crippen LogP contribution in [0.2, 0.25) is 0 Å². The summed E-state index contributed by atoms with van der Waals surface area (Å²) in [6.07, 6.45) is -4.39. The van der Waals surface area contributed by atoms with Gasteiger partial charge in [-0.15, -0.1) is 0 Å². The Kier molecular flexibility index (Phi) is 3.53. The van der Waals surface area contributed by atoms with Gasteiger partial charge in [-0.05, 0) is 6.42 Å². The highest BCUT2D eigenvalue weighted by Crippen LogP contribution is 2.30. The fraction of sp³-hybridized carbons (Fsp3) is 0.600. The van der Waals surface area contributed by atoms with Gasteiger partial charge >= 0.3 is 6.18 Å². The number of carbonyl (C=O) groups excluding carboxylic acids is 1. The first kappa shape index (κ1) is 14.8. The molecule has 1 saturated heterocycles. The molecular weight excluding hydrogens is 299 g/mol. The minimum absolute atomic E-state index is 0.0822. The van der Waals surface area contributed by atoms with Crippen molar-refractivity contribution in [2.24, 2.45) is 13.0 Å². The average Bonchev–Trinajstić information content (AvgIpc) is 2.81. The molecular formula is C10H12F3N3O3S. The standard InChI is InChI=1S/C10H12F3N3O3S/c1-16-7(10(11,12)13)4-8(15-16)14-9(17)6-2-3-20(18,19)5-6/h4,6H,2-3,5H2,1H3,(H,14,15,17). The number of hydrogen-bond acceptors (Lipinski definition) is 4. The number of nitrogens with zero attached hydrogens (tertiary/aromatic N) is 2. The van der Waals surface area contributed by atoms with Crippen LogP contribution in [0.15, 0.2) is 6.07 Å². The molecule has 1 atom stereocenters. The smallest absolute Gasteiger partial charge is 0.309 e. The molecule has 10 heteroatoms. The second-order valence-electron chi connectivity index (χ2n) is 4.63. The summed E-state index contributed by atoms with van der Waals surface area (Å²) in [5.74, 6) is -1.97. The number of anilines is 1. The van der Waals surface area contributed by atoms with Gasteiger partial charge in [0.15, 0.2) is 15.7 Å². The number of amides is 1. The molecule has 1 N–H and O–H groups in total. The first-order valence-corrected chi connectivity index (χ1v) is 7.53.